The standard InChI is InChI=1S/C18H23N5O/c1-22(2)10-5-9-19-17(24)15-12-20-18(21-13-15)23-11-8-14-6-3-4-7-16(14)23/h3-4,6-7,12-13H,5,8-11H2,1-2H3,(H,19,24). The van der Waals surface area contributed by atoms with Gasteiger partial charge in [-0.25, -0.2) is 9.97 Å². The van der Waals surface area contributed by atoms with E-state index in [1.54, 1.807) is 12.4 Å². The zero-order valence-electron chi connectivity index (χ0n) is 14.2. The Morgan fingerprint density at radius 3 is 2.75 bits per heavy atom. The molecule has 0 unspecified atom stereocenters. The first-order valence-electron chi connectivity index (χ1n) is 8.25. The van der Waals surface area contributed by atoms with E-state index in [1.807, 2.05) is 26.2 Å². The molecule has 0 spiro atoms. The fourth-order valence-electron chi connectivity index (χ4n) is 2.82. The minimum absolute atomic E-state index is 0.123. The molecule has 2 heterocycles. The van der Waals surface area contributed by atoms with E-state index in [0.717, 1.165) is 31.6 Å². The molecular weight excluding hydrogens is 302 g/mol. The Morgan fingerprint density at radius 2 is 2.00 bits per heavy atom. The fraction of sp³-hybridized carbons (Fsp3) is 0.389. The summed E-state index contributed by atoms with van der Waals surface area (Å²) in [5.74, 6) is 0.520. The lowest BCUT2D eigenvalue weighted by atomic mass is 10.2. The van der Waals surface area contributed by atoms with Crippen LogP contribution in [-0.2, 0) is 6.42 Å². The Balaban J connectivity index is 1.61. The predicted octanol–water partition coefficient (Wildman–Crippen LogP) is 1.85. The molecule has 2 aromatic rings. The fourth-order valence-corrected chi connectivity index (χ4v) is 2.82. The highest BCUT2D eigenvalue weighted by Crippen LogP contribution is 2.31. The molecule has 0 aliphatic carbocycles. The second-order valence-electron chi connectivity index (χ2n) is 6.21. The van der Waals surface area contributed by atoms with Crippen LogP contribution >= 0.6 is 0 Å². The maximum Gasteiger partial charge on any atom is 0.254 e. The quantitative estimate of drug-likeness (QED) is 0.821. The molecule has 126 valence electrons. The molecule has 1 amide bonds. The highest BCUT2D eigenvalue weighted by Gasteiger charge is 2.21. The van der Waals surface area contributed by atoms with Gasteiger partial charge in [0.1, 0.15) is 0 Å². The second kappa shape index (κ2) is 7.40. The number of para-hydroxylation sites is 1. The van der Waals surface area contributed by atoms with Gasteiger partial charge in [-0.1, -0.05) is 18.2 Å². The number of nitrogens with zero attached hydrogens (tertiary/aromatic N) is 4. The number of rotatable bonds is 6. The maximum absolute atomic E-state index is 12.1. The molecule has 0 fully saturated rings. The van der Waals surface area contributed by atoms with E-state index in [2.05, 4.69) is 37.2 Å². The molecular formula is C18H23N5O. The first kappa shape index (κ1) is 16.4. The number of aromatic nitrogens is 2. The number of hydrogen-bond donors (Lipinski definition) is 1. The molecule has 0 bridgehead atoms. The van der Waals surface area contributed by atoms with E-state index in [4.69, 9.17) is 0 Å². The number of benzene rings is 1. The van der Waals surface area contributed by atoms with Crippen molar-refractivity contribution in [3.63, 3.8) is 0 Å². The molecule has 24 heavy (non-hydrogen) atoms. The highest BCUT2D eigenvalue weighted by molar-refractivity contribution is 5.93. The topological polar surface area (TPSA) is 61.4 Å². The van der Waals surface area contributed by atoms with Crippen LogP contribution < -0.4 is 10.2 Å². The summed E-state index contributed by atoms with van der Waals surface area (Å²) in [5, 5.41) is 2.90. The van der Waals surface area contributed by atoms with Gasteiger partial charge in [-0.15, -0.1) is 0 Å². The number of anilines is 2. The van der Waals surface area contributed by atoms with Gasteiger partial charge in [0.25, 0.3) is 5.91 Å². The van der Waals surface area contributed by atoms with Gasteiger partial charge in [0.05, 0.1) is 5.56 Å². The average molecular weight is 325 g/mol. The molecule has 0 radical (unpaired) electrons. The SMILES string of the molecule is CN(C)CCCNC(=O)c1cnc(N2CCc3ccccc32)nc1. The minimum atomic E-state index is -0.123. The van der Waals surface area contributed by atoms with Crippen LogP contribution in [0.3, 0.4) is 0 Å². The lowest BCUT2D eigenvalue weighted by molar-refractivity contribution is 0.0951. The van der Waals surface area contributed by atoms with E-state index in [1.165, 1.54) is 5.56 Å². The molecule has 0 saturated heterocycles. The molecule has 0 atom stereocenters. The van der Waals surface area contributed by atoms with Crippen molar-refractivity contribution in [3.8, 4) is 0 Å². The van der Waals surface area contributed by atoms with Gasteiger partial charge in [0.2, 0.25) is 5.95 Å². The van der Waals surface area contributed by atoms with Crippen molar-refractivity contribution in [2.24, 2.45) is 0 Å². The number of carbonyl (C=O) groups excluding carboxylic acids is 1. The Morgan fingerprint density at radius 1 is 1.25 bits per heavy atom. The number of hydrogen-bond acceptors (Lipinski definition) is 5. The predicted molar refractivity (Wildman–Crippen MR) is 94.7 cm³/mol. The van der Waals surface area contributed by atoms with Crippen LogP contribution in [-0.4, -0.2) is 54.5 Å². The van der Waals surface area contributed by atoms with Crippen molar-refractivity contribution >= 4 is 17.5 Å². The van der Waals surface area contributed by atoms with E-state index >= 15 is 0 Å². The van der Waals surface area contributed by atoms with E-state index < -0.39 is 0 Å². The lowest BCUT2D eigenvalue weighted by Gasteiger charge is -2.17. The third-order valence-corrected chi connectivity index (χ3v) is 4.10. The Bertz CT molecular complexity index is 699. The molecule has 3 rings (SSSR count). The van der Waals surface area contributed by atoms with Crippen LogP contribution in [0.1, 0.15) is 22.3 Å². The van der Waals surface area contributed by atoms with Crippen molar-refractivity contribution in [3.05, 3.63) is 47.8 Å². The number of carbonyl (C=O) groups is 1. The van der Waals surface area contributed by atoms with E-state index in [9.17, 15) is 4.79 Å². The first-order chi connectivity index (χ1) is 11.6. The Kier molecular flexibility index (Phi) is 5.05. The van der Waals surface area contributed by atoms with Crippen LogP contribution in [0.4, 0.5) is 11.6 Å². The largest absolute Gasteiger partial charge is 0.352 e. The van der Waals surface area contributed by atoms with Crippen LogP contribution in [0.15, 0.2) is 36.7 Å². The van der Waals surface area contributed by atoms with E-state index in [0.29, 0.717) is 18.1 Å². The number of nitrogens with one attached hydrogen (secondary N) is 1. The summed E-state index contributed by atoms with van der Waals surface area (Å²) in [6.45, 7) is 2.47. The molecule has 1 aliphatic heterocycles. The Hall–Kier alpha value is -2.47. The minimum Gasteiger partial charge on any atom is -0.352 e. The van der Waals surface area contributed by atoms with Crippen molar-refractivity contribution < 1.29 is 4.79 Å². The summed E-state index contributed by atoms with van der Waals surface area (Å²) in [5.41, 5.74) is 2.96. The number of fused-ring (bicyclic) bond motifs is 1. The molecule has 6 heteroatoms. The van der Waals surface area contributed by atoms with Gasteiger partial charge in [-0.2, -0.15) is 0 Å². The van der Waals surface area contributed by atoms with Crippen LogP contribution in [0, 0.1) is 0 Å². The Labute approximate surface area is 142 Å². The summed E-state index contributed by atoms with van der Waals surface area (Å²) in [6.07, 6.45) is 5.12. The molecule has 6 nitrogen and oxygen atoms in total. The van der Waals surface area contributed by atoms with E-state index in [-0.39, 0.29) is 5.91 Å². The number of amides is 1. The van der Waals surface area contributed by atoms with Gasteiger partial charge < -0.3 is 15.1 Å². The van der Waals surface area contributed by atoms with Gasteiger partial charge in [0, 0.05) is 31.2 Å². The summed E-state index contributed by atoms with van der Waals surface area (Å²) in [7, 11) is 4.04. The molecule has 0 saturated carbocycles. The molecule has 1 aromatic heterocycles. The highest BCUT2D eigenvalue weighted by atomic mass is 16.1. The summed E-state index contributed by atoms with van der Waals surface area (Å²) in [4.78, 5) is 25.1. The zero-order chi connectivity index (χ0) is 16.9. The summed E-state index contributed by atoms with van der Waals surface area (Å²) >= 11 is 0. The first-order valence-corrected chi connectivity index (χ1v) is 8.25. The molecule has 1 aromatic carbocycles. The average Bonchev–Trinajstić information content (AvgIpc) is 3.02. The van der Waals surface area contributed by atoms with Gasteiger partial charge in [-0.05, 0) is 45.1 Å². The van der Waals surface area contributed by atoms with Crippen LogP contribution in [0.5, 0.6) is 0 Å². The second-order valence-corrected chi connectivity index (χ2v) is 6.21. The summed E-state index contributed by atoms with van der Waals surface area (Å²) < 4.78 is 0. The molecule has 1 N–H and O–H groups in total. The van der Waals surface area contributed by atoms with Crippen molar-refractivity contribution in [1.29, 1.82) is 0 Å². The van der Waals surface area contributed by atoms with Crippen molar-refractivity contribution in [2.75, 3.05) is 38.6 Å². The lowest BCUT2D eigenvalue weighted by Crippen LogP contribution is -2.27. The van der Waals surface area contributed by atoms with Gasteiger partial charge >= 0.3 is 0 Å². The van der Waals surface area contributed by atoms with Crippen LogP contribution in [0.25, 0.3) is 0 Å². The van der Waals surface area contributed by atoms with Gasteiger partial charge in [-0.3, -0.25) is 4.79 Å². The zero-order valence-corrected chi connectivity index (χ0v) is 14.2. The monoisotopic (exact) mass is 325 g/mol. The van der Waals surface area contributed by atoms with Crippen LogP contribution in [0.2, 0.25) is 0 Å². The smallest absolute Gasteiger partial charge is 0.254 e. The maximum atomic E-state index is 12.1. The summed E-state index contributed by atoms with van der Waals surface area (Å²) in [6, 6.07) is 8.28. The molecule has 1 aliphatic rings. The van der Waals surface area contributed by atoms with Crippen molar-refractivity contribution in [2.45, 2.75) is 12.8 Å². The third kappa shape index (κ3) is 3.71. The van der Waals surface area contributed by atoms with Crippen molar-refractivity contribution in [1.82, 2.24) is 20.2 Å². The normalized spacial score (nSPS) is 13.2. The third-order valence-electron chi connectivity index (χ3n) is 4.10. The van der Waals surface area contributed by atoms with Gasteiger partial charge in [0.15, 0.2) is 0 Å².